The summed E-state index contributed by atoms with van der Waals surface area (Å²) >= 11 is 5.94. The van der Waals surface area contributed by atoms with E-state index >= 15 is 0 Å². The molecule has 4 heterocycles. The van der Waals surface area contributed by atoms with Crippen molar-refractivity contribution < 1.29 is 0 Å². The number of unbranched alkanes of at least 4 members (excludes halogenated alkanes) is 1. The van der Waals surface area contributed by atoms with Gasteiger partial charge in [0.25, 0.3) is 0 Å². The molecular formula is C20H24N6S2. The Morgan fingerprint density at radius 2 is 1.82 bits per heavy atom. The third kappa shape index (κ3) is 3.88. The maximum atomic E-state index is 6.26. The lowest BCUT2D eigenvalue weighted by atomic mass is 10.1. The SMILES string of the molecule is CCCC.Cc1ncc(-c2cc(-c3cncnc3)nc3sc(S)c(N)c23)n1C. The van der Waals surface area contributed by atoms with Gasteiger partial charge in [0.1, 0.15) is 17.0 Å². The van der Waals surface area contributed by atoms with Gasteiger partial charge in [-0.2, -0.15) is 0 Å². The summed E-state index contributed by atoms with van der Waals surface area (Å²) < 4.78 is 2.80. The molecule has 0 bridgehead atoms. The average Bonchev–Trinajstić information content (AvgIpc) is 3.20. The van der Waals surface area contributed by atoms with E-state index in [-0.39, 0.29) is 0 Å². The largest absolute Gasteiger partial charge is 0.397 e. The molecule has 0 radical (unpaired) electrons. The lowest BCUT2D eigenvalue weighted by molar-refractivity contribution is 0.865. The van der Waals surface area contributed by atoms with E-state index in [4.69, 9.17) is 10.7 Å². The number of anilines is 1. The monoisotopic (exact) mass is 412 g/mol. The van der Waals surface area contributed by atoms with Gasteiger partial charge >= 0.3 is 0 Å². The van der Waals surface area contributed by atoms with Crippen LogP contribution in [0.15, 0.2) is 35.2 Å². The molecule has 0 spiro atoms. The molecule has 8 heteroatoms. The summed E-state index contributed by atoms with van der Waals surface area (Å²) in [6, 6.07) is 2.01. The van der Waals surface area contributed by atoms with Crippen LogP contribution in [0.1, 0.15) is 32.5 Å². The van der Waals surface area contributed by atoms with Crippen molar-refractivity contribution in [3.8, 4) is 22.5 Å². The van der Waals surface area contributed by atoms with Gasteiger partial charge < -0.3 is 10.3 Å². The van der Waals surface area contributed by atoms with E-state index in [0.29, 0.717) is 5.69 Å². The number of imidazole rings is 1. The Bertz CT molecular complexity index is 1080. The van der Waals surface area contributed by atoms with Crippen molar-refractivity contribution in [2.75, 3.05) is 5.73 Å². The Hall–Kier alpha value is -2.45. The molecule has 0 amide bonds. The molecule has 0 saturated carbocycles. The van der Waals surface area contributed by atoms with Gasteiger partial charge in [-0.25, -0.2) is 19.9 Å². The molecule has 2 N–H and O–H groups in total. The van der Waals surface area contributed by atoms with Gasteiger partial charge in [-0.15, -0.1) is 24.0 Å². The highest BCUT2D eigenvalue weighted by Gasteiger charge is 2.18. The van der Waals surface area contributed by atoms with E-state index in [2.05, 4.69) is 41.4 Å². The molecule has 4 aromatic rings. The van der Waals surface area contributed by atoms with Gasteiger partial charge in [-0.05, 0) is 13.0 Å². The number of pyridine rings is 1. The van der Waals surface area contributed by atoms with Crippen molar-refractivity contribution in [1.29, 1.82) is 0 Å². The van der Waals surface area contributed by atoms with Gasteiger partial charge in [0.2, 0.25) is 0 Å². The van der Waals surface area contributed by atoms with E-state index in [1.165, 1.54) is 30.5 Å². The first kappa shape index (κ1) is 20.3. The van der Waals surface area contributed by atoms with Crippen molar-refractivity contribution in [2.24, 2.45) is 7.05 Å². The van der Waals surface area contributed by atoms with Crippen LogP contribution in [0.5, 0.6) is 0 Å². The number of nitrogens with zero attached hydrogens (tertiary/aromatic N) is 5. The van der Waals surface area contributed by atoms with Crippen LogP contribution in [0.3, 0.4) is 0 Å². The molecule has 4 rings (SSSR count). The summed E-state index contributed by atoms with van der Waals surface area (Å²) in [5, 5.41) is 0.911. The van der Waals surface area contributed by atoms with Crippen LogP contribution in [-0.4, -0.2) is 24.5 Å². The molecule has 0 aromatic carbocycles. The Morgan fingerprint density at radius 1 is 1.14 bits per heavy atom. The van der Waals surface area contributed by atoms with E-state index in [1.54, 1.807) is 12.4 Å². The van der Waals surface area contributed by atoms with E-state index in [0.717, 1.165) is 42.8 Å². The quantitative estimate of drug-likeness (QED) is 0.455. The predicted molar refractivity (Wildman–Crippen MR) is 120 cm³/mol. The number of thiol groups is 1. The van der Waals surface area contributed by atoms with Crippen LogP contribution in [0, 0.1) is 6.92 Å². The van der Waals surface area contributed by atoms with Gasteiger partial charge in [-0.3, -0.25) is 0 Å². The number of hydrogen-bond donors (Lipinski definition) is 2. The number of thiophene rings is 1. The fourth-order valence-corrected chi connectivity index (χ4v) is 3.88. The van der Waals surface area contributed by atoms with Crippen molar-refractivity contribution in [2.45, 2.75) is 37.8 Å². The summed E-state index contributed by atoms with van der Waals surface area (Å²) in [4.78, 5) is 18.1. The number of aromatic nitrogens is 5. The number of hydrogen-bond acceptors (Lipinski definition) is 7. The molecule has 4 aromatic heterocycles. The van der Waals surface area contributed by atoms with Crippen LogP contribution in [0.25, 0.3) is 32.7 Å². The highest BCUT2D eigenvalue weighted by Crippen LogP contribution is 2.42. The third-order valence-corrected chi connectivity index (χ3v) is 5.95. The fourth-order valence-electron chi connectivity index (χ4n) is 2.64. The minimum Gasteiger partial charge on any atom is -0.397 e. The number of rotatable bonds is 3. The van der Waals surface area contributed by atoms with Crippen LogP contribution >= 0.6 is 24.0 Å². The summed E-state index contributed by atoms with van der Waals surface area (Å²) in [6.07, 6.45) is 9.49. The molecule has 0 fully saturated rings. The first-order valence-electron chi connectivity index (χ1n) is 9.13. The average molecular weight is 413 g/mol. The number of fused-ring (bicyclic) bond motifs is 1. The lowest BCUT2D eigenvalue weighted by Crippen LogP contribution is -1.97. The van der Waals surface area contributed by atoms with Crippen molar-refractivity contribution in [3.63, 3.8) is 0 Å². The fraction of sp³-hybridized carbons (Fsp3) is 0.300. The smallest absolute Gasteiger partial charge is 0.127 e. The first-order valence-corrected chi connectivity index (χ1v) is 10.4. The van der Waals surface area contributed by atoms with Crippen LogP contribution < -0.4 is 5.73 Å². The van der Waals surface area contributed by atoms with E-state index in [1.807, 2.05) is 30.8 Å². The van der Waals surface area contributed by atoms with Gasteiger partial charge in [0, 0.05) is 36.0 Å². The number of aryl methyl sites for hydroxylation is 1. The maximum Gasteiger partial charge on any atom is 0.127 e. The van der Waals surface area contributed by atoms with Crippen LogP contribution in [0.4, 0.5) is 5.69 Å². The number of nitrogen functional groups attached to an aromatic ring is 1. The zero-order chi connectivity index (χ0) is 20.3. The normalized spacial score (nSPS) is 10.8. The topological polar surface area (TPSA) is 82.5 Å². The summed E-state index contributed by atoms with van der Waals surface area (Å²) in [6.45, 7) is 6.33. The molecule has 0 aliphatic rings. The maximum absolute atomic E-state index is 6.26. The highest BCUT2D eigenvalue weighted by atomic mass is 32.2. The van der Waals surface area contributed by atoms with Crippen molar-refractivity contribution >= 4 is 39.9 Å². The molecular weight excluding hydrogens is 388 g/mol. The zero-order valence-corrected chi connectivity index (χ0v) is 18.2. The molecule has 0 saturated heterocycles. The van der Waals surface area contributed by atoms with Gasteiger partial charge in [-0.1, -0.05) is 26.7 Å². The highest BCUT2D eigenvalue weighted by molar-refractivity contribution is 7.83. The van der Waals surface area contributed by atoms with Crippen LogP contribution in [0.2, 0.25) is 0 Å². The second-order valence-corrected chi connectivity index (χ2v) is 8.18. The lowest BCUT2D eigenvalue weighted by Gasteiger charge is -2.09. The molecule has 28 heavy (non-hydrogen) atoms. The Kier molecular flexibility index (Phi) is 6.31. The minimum absolute atomic E-state index is 0.649. The number of nitrogens with two attached hydrogens (primary N) is 1. The van der Waals surface area contributed by atoms with Crippen molar-refractivity contribution in [1.82, 2.24) is 24.5 Å². The Labute approximate surface area is 174 Å². The minimum atomic E-state index is 0.649. The first-order chi connectivity index (χ1) is 13.5. The predicted octanol–water partition coefficient (Wildman–Crippen LogP) is 5.14. The Balaban J connectivity index is 0.000000516. The molecule has 0 atom stereocenters. The Morgan fingerprint density at radius 3 is 2.39 bits per heavy atom. The van der Waals surface area contributed by atoms with Crippen LogP contribution in [-0.2, 0) is 7.05 Å². The second kappa shape index (κ2) is 8.70. The molecule has 0 aliphatic carbocycles. The molecule has 146 valence electrons. The summed E-state index contributed by atoms with van der Waals surface area (Å²) in [5.74, 6) is 0.930. The summed E-state index contributed by atoms with van der Waals surface area (Å²) in [5.41, 5.74) is 10.5. The third-order valence-electron chi connectivity index (χ3n) is 4.53. The van der Waals surface area contributed by atoms with Gasteiger partial charge in [0.05, 0.1) is 27.5 Å². The second-order valence-electron chi connectivity index (χ2n) is 6.43. The van der Waals surface area contributed by atoms with Crippen molar-refractivity contribution in [3.05, 3.63) is 36.8 Å². The zero-order valence-electron chi connectivity index (χ0n) is 16.5. The summed E-state index contributed by atoms with van der Waals surface area (Å²) in [7, 11) is 1.99. The molecule has 0 unspecified atom stereocenters. The molecule has 0 aliphatic heterocycles. The van der Waals surface area contributed by atoms with E-state index < -0.39 is 0 Å². The standard InChI is InChI=1S/C16H14N6S2.C4H10/c1-8-20-6-12(22(8)2)10-3-11(9-4-18-7-19-5-9)21-15-13(10)14(17)16(23)24-15;1-3-4-2/h3-7,23H,17H2,1-2H3;3-4H2,1-2H3. The van der Waals surface area contributed by atoms with E-state index in [9.17, 15) is 0 Å². The van der Waals surface area contributed by atoms with Gasteiger partial charge in [0.15, 0.2) is 0 Å². The molecule has 6 nitrogen and oxygen atoms in total.